The van der Waals surface area contributed by atoms with Gasteiger partial charge in [0, 0.05) is 44.2 Å². The van der Waals surface area contributed by atoms with Gasteiger partial charge in [0.05, 0.1) is 0 Å². The fraction of sp³-hybridized carbons (Fsp3) is 0.929. The van der Waals surface area contributed by atoms with Crippen LogP contribution < -0.4 is 10.6 Å². The van der Waals surface area contributed by atoms with Gasteiger partial charge in [0.25, 0.3) is 0 Å². The van der Waals surface area contributed by atoms with Gasteiger partial charge in [-0.25, -0.2) is 0 Å². The summed E-state index contributed by atoms with van der Waals surface area (Å²) in [6.45, 7) is 7.14. The fourth-order valence-electron chi connectivity index (χ4n) is 3.05. The number of piperazine rings is 1. The van der Waals surface area contributed by atoms with Gasteiger partial charge >= 0.3 is 0 Å². The average molecular weight is 268 g/mol. The van der Waals surface area contributed by atoms with E-state index in [1.165, 1.54) is 0 Å². The molecule has 2 fully saturated rings. The summed E-state index contributed by atoms with van der Waals surface area (Å²) in [7, 11) is 4.30. The number of likely N-dealkylation sites (N-methyl/N-ethyl adjacent to an activating group) is 2. The zero-order valence-corrected chi connectivity index (χ0v) is 12.5. The minimum absolute atomic E-state index is 0.197. The van der Waals surface area contributed by atoms with Crippen molar-refractivity contribution in [3.8, 4) is 0 Å². The number of piperidine rings is 1. The van der Waals surface area contributed by atoms with Gasteiger partial charge in [0.2, 0.25) is 5.91 Å². The summed E-state index contributed by atoms with van der Waals surface area (Å²) in [6, 6.07) is 0.912. The quantitative estimate of drug-likeness (QED) is 0.740. The van der Waals surface area contributed by atoms with Gasteiger partial charge < -0.3 is 15.5 Å². The van der Waals surface area contributed by atoms with E-state index in [1.54, 1.807) is 0 Å². The molecular weight excluding hydrogens is 240 g/mol. The van der Waals surface area contributed by atoms with E-state index in [0.29, 0.717) is 12.1 Å². The van der Waals surface area contributed by atoms with E-state index in [2.05, 4.69) is 41.5 Å². The second-order valence-corrected chi connectivity index (χ2v) is 6.22. The van der Waals surface area contributed by atoms with Crippen molar-refractivity contribution in [3.63, 3.8) is 0 Å². The molecule has 110 valence electrons. The van der Waals surface area contributed by atoms with Crippen LogP contribution in [0.25, 0.3) is 0 Å². The molecule has 1 amide bonds. The van der Waals surface area contributed by atoms with E-state index in [1.807, 2.05) is 0 Å². The maximum absolute atomic E-state index is 12.2. The first-order valence-corrected chi connectivity index (χ1v) is 7.46. The van der Waals surface area contributed by atoms with Crippen LogP contribution in [0.15, 0.2) is 0 Å². The minimum atomic E-state index is 0.197. The van der Waals surface area contributed by atoms with Crippen LogP contribution in [0, 0.1) is 5.92 Å². The zero-order valence-electron chi connectivity index (χ0n) is 12.5. The molecule has 0 aliphatic carbocycles. The van der Waals surface area contributed by atoms with Crippen LogP contribution in [0.1, 0.15) is 19.8 Å². The topological polar surface area (TPSA) is 47.6 Å². The van der Waals surface area contributed by atoms with E-state index in [-0.39, 0.29) is 11.8 Å². The van der Waals surface area contributed by atoms with E-state index in [9.17, 15) is 4.79 Å². The molecule has 5 heteroatoms. The number of carbonyl (C=O) groups excluding carboxylic acids is 1. The van der Waals surface area contributed by atoms with E-state index in [4.69, 9.17) is 0 Å². The second-order valence-electron chi connectivity index (χ2n) is 6.22. The first-order valence-electron chi connectivity index (χ1n) is 7.46. The Morgan fingerprint density at radius 3 is 2.89 bits per heavy atom. The molecule has 0 radical (unpaired) electrons. The number of rotatable bonds is 3. The summed E-state index contributed by atoms with van der Waals surface area (Å²) >= 11 is 0. The summed E-state index contributed by atoms with van der Waals surface area (Å²) in [5.74, 6) is 0.442. The van der Waals surface area contributed by atoms with Crippen LogP contribution in [-0.2, 0) is 4.79 Å². The fourth-order valence-corrected chi connectivity index (χ4v) is 3.05. The molecule has 0 aromatic carbocycles. The van der Waals surface area contributed by atoms with Crippen LogP contribution in [0.5, 0.6) is 0 Å². The molecule has 0 saturated carbocycles. The Hall–Kier alpha value is -0.650. The van der Waals surface area contributed by atoms with Crippen LogP contribution >= 0.6 is 0 Å². The molecule has 19 heavy (non-hydrogen) atoms. The maximum atomic E-state index is 12.2. The van der Waals surface area contributed by atoms with E-state index >= 15 is 0 Å². The molecule has 2 aliphatic rings. The highest BCUT2D eigenvalue weighted by Gasteiger charge is 2.27. The van der Waals surface area contributed by atoms with E-state index in [0.717, 1.165) is 45.6 Å². The summed E-state index contributed by atoms with van der Waals surface area (Å²) in [6.07, 6.45) is 1.93. The van der Waals surface area contributed by atoms with Crippen molar-refractivity contribution in [3.05, 3.63) is 0 Å². The van der Waals surface area contributed by atoms with Crippen molar-refractivity contribution in [2.24, 2.45) is 5.92 Å². The SMILES string of the molecule is CC1CC(C(=O)NCC2CN(C)CCN2C)CCN1. The molecular formula is C14H28N4O. The third-order valence-corrected chi connectivity index (χ3v) is 4.49. The normalized spacial score (nSPS) is 34.2. The summed E-state index contributed by atoms with van der Waals surface area (Å²) < 4.78 is 0. The highest BCUT2D eigenvalue weighted by Crippen LogP contribution is 2.16. The van der Waals surface area contributed by atoms with Gasteiger partial charge in [-0.2, -0.15) is 0 Å². The Morgan fingerprint density at radius 1 is 1.37 bits per heavy atom. The van der Waals surface area contributed by atoms with Crippen molar-refractivity contribution in [2.75, 3.05) is 46.8 Å². The Bertz CT molecular complexity index is 310. The smallest absolute Gasteiger partial charge is 0.223 e. The lowest BCUT2D eigenvalue weighted by molar-refractivity contribution is -0.126. The Labute approximate surface area is 116 Å². The molecule has 2 aliphatic heterocycles. The van der Waals surface area contributed by atoms with Crippen LogP contribution in [-0.4, -0.2) is 74.6 Å². The molecule has 2 N–H and O–H groups in total. The van der Waals surface area contributed by atoms with Crippen molar-refractivity contribution < 1.29 is 4.79 Å². The molecule has 0 aromatic rings. The molecule has 0 aromatic heterocycles. The Balaban J connectivity index is 1.76. The average Bonchev–Trinajstić information content (AvgIpc) is 2.39. The first kappa shape index (κ1) is 14.8. The van der Waals surface area contributed by atoms with Gasteiger partial charge in [-0.3, -0.25) is 9.69 Å². The lowest BCUT2D eigenvalue weighted by atomic mass is 9.92. The Kier molecular flexibility index (Phi) is 5.19. The molecule has 2 rings (SSSR count). The van der Waals surface area contributed by atoms with Gasteiger partial charge in [-0.05, 0) is 40.4 Å². The molecule has 0 bridgehead atoms. The summed E-state index contributed by atoms with van der Waals surface area (Å²) in [5, 5.41) is 6.55. The molecule has 3 atom stereocenters. The summed E-state index contributed by atoms with van der Waals surface area (Å²) in [5.41, 5.74) is 0. The Morgan fingerprint density at radius 2 is 2.16 bits per heavy atom. The molecule has 2 heterocycles. The largest absolute Gasteiger partial charge is 0.354 e. The summed E-state index contributed by atoms with van der Waals surface area (Å²) in [4.78, 5) is 16.9. The van der Waals surface area contributed by atoms with Crippen molar-refractivity contribution >= 4 is 5.91 Å². The monoisotopic (exact) mass is 268 g/mol. The lowest BCUT2D eigenvalue weighted by Gasteiger charge is -2.38. The van der Waals surface area contributed by atoms with Gasteiger partial charge in [0.1, 0.15) is 0 Å². The third kappa shape index (κ3) is 4.16. The van der Waals surface area contributed by atoms with Gasteiger partial charge in [0.15, 0.2) is 0 Å². The molecule has 5 nitrogen and oxygen atoms in total. The van der Waals surface area contributed by atoms with Crippen molar-refractivity contribution in [1.29, 1.82) is 0 Å². The standard InChI is InChI=1S/C14H28N4O/c1-11-8-12(4-5-15-11)14(19)16-9-13-10-17(2)6-7-18(13)3/h11-13,15H,4-10H2,1-3H3,(H,16,19). The zero-order chi connectivity index (χ0) is 13.8. The number of amides is 1. The van der Waals surface area contributed by atoms with Crippen molar-refractivity contribution in [2.45, 2.75) is 31.8 Å². The number of carbonyl (C=O) groups is 1. The molecule has 0 spiro atoms. The maximum Gasteiger partial charge on any atom is 0.223 e. The number of nitrogens with one attached hydrogen (secondary N) is 2. The molecule has 2 saturated heterocycles. The van der Waals surface area contributed by atoms with Crippen LogP contribution in [0.3, 0.4) is 0 Å². The number of nitrogens with zero attached hydrogens (tertiary/aromatic N) is 2. The highest BCUT2D eigenvalue weighted by molar-refractivity contribution is 5.78. The first-order chi connectivity index (χ1) is 9.06. The third-order valence-electron chi connectivity index (χ3n) is 4.49. The number of hydrogen-bond donors (Lipinski definition) is 2. The lowest BCUT2D eigenvalue weighted by Crippen LogP contribution is -2.55. The minimum Gasteiger partial charge on any atom is -0.354 e. The van der Waals surface area contributed by atoms with E-state index < -0.39 is 0 Å². The predicted molar refractivity (Wildman–Crippen MR) is 77.1 cm³/mol. The predicted octanol–water partition coefficient (Wildman–Crippen LogP) is -0.263. The van der Waals surface area contributed by atoms with Gasteiger partial charge in [-0.1, -0.05) is 0 Å². The molecule has 3 unspecified atom stereocenters. The van der Waals surface area contributed by atoms with Crippen LogP contribution in [0.2, 0.25) is 0 Å². The van der Waals surface area contributed by atoms with Crippen molar-refractivity contribution in [1.82, 2.24) is 20.4 Å². The second kappa shape index (κ2) is 6.68. The highest BCUT2D eigenvalue weighted by atomic mass is 16.1. The number of hydrogen-bond acceptors (Lipinski definition) is 4. The van der Waals surface area contributed by atoms with Gasteiger partial charge in [-0.15, -0.1) is 0 Å². The van der Waals surface area contributed by atoms with Crippen LogP contribution in [0.4, 0.5) is 0 Å².